The van der Waals surface area contributed by atoms with E-state index in [0.29, 0.717) is 12.2 Å². The zero-order valence-corrected chi connectivity index (χ0v) is 17.5. The second-order valence-electron chi connectivity index (χ2n) is 5.34. The molecule has 0 spiro atoms. The first-order valence-corrected chi connectivity index (χ1v) is 9.72. The van der Waals surface area contributed by atoms with Crippen molar-refractivity contribution in [3.63, 3.8) is 0 Å². The number of thiophene rings is 1. The Hall–Kier alpha value is -0.410. The minimum Gasteiger partial charge on any atom is -0.351 e. The molecule has 10 heteroatoms. The van der Waals surface area contributed by atoms with Crippen molar-refractivity contribution in [3.05, 3.63) is 27.5 Å². The van der Waals surface area contributed by atoms with Crippen molar-refractivity contribution in [2.24, 2.45) is 0 Å². The van der Waals surface area contributed by atoms with Crippen LogP contribution in [0.2, 0.25) is 4.34 Å². The highest BCUT2D eigenvalue weighted by Gasteiger charge is 2.13. The zero-order chi connectivity index (χ0) is 16.1. The van der Waals surface area contributed by atoms with E-state index in [1.54, 1.807) is 5.38 Å². The number of carbonyl (C=O) groups is 1. The molecule has 5 nitrogen and oxygen atoms in total. The lowest BCUT2D eigenvalue weighted by atomic mass is 10.3. The first-order chi connectivity index (χ1) is 11.2. The van der Waals surface area contributed by atoms with Crippen LogP contribution in [0.25, 0.3) is 9.88 Å². The summed E-state index contributed by atoms with van der Waals surface area (Å²) in [6.45, 7) is 6.00. The average molecular weight is 444 g/mol. The summed E-state index contributed by atoms with van der Waals surface area (Å²) in [6.07, 6.45) is 0.962. The van der Waals surface area contributed by atoms with Crippen molar-refractivity contribution >= 4 is 65.0 Å². The first kappa shape index (κ1) is 22.6. The van der Waals surface area contributed by atoms with Crippen LogP contribution in [0.1, 0.15) is 16.9 Å². The maximum absolute atomic E-state index is 12.1. The van der Waals surface area contributed by atoms with Crippen molar-refractivity contribution in [1.29, 1.82) is 0 Å². The van der Waals surface area contributed by atoms with Gasteiger partial charge in [0.05, 0.1) is 9.21 Å². The lowest BCUT2D eigenvalue weighted by Gasteiger charge is -2.26. The molecule has 1 fully saturated rings. The van der Waals surface area contributed by atoms with Crippen LogP contribution in [-0.4, -0.2) is 55.1 Å². The van der Waals surface area contributed by atoms with E-state index in [1.807, 2.05) is 12.1 Å². The second-order valence-corrected chi connectivity index (χ2v) is 7.92. The van der Waals surface area contributed by atoms with E-state index in [9.17, 15) is 4.79 Å². The summed E-state index contributed by atoms with van der Waals surface area (Å²) in [5.74, 6) is -0.101. The quantitative estimate of drug-likeness (QED) is 0.672. The van der Waals surface area contributed by atoms with Crippen molar-refractivity contribution in [1.82, 2.24) is 20.5 Å². The third-order valence-electron chi connectivity index (χ3n) is 3.67. The van der Waals surface area contributed by atoms with Crippen molar-refractivity contribution in [2.45, 2.75) is 6.42 Å². The molecule has 1 aliphatic heterocycles. The van der Waals surface area contributed by atoms with E-state index in [4.69, 9.17) is 11.6 Å². The number of nitrogens with one attached hydrogen (secondary N) is 2. The molecule has 0 unspecified atom stereocenters. The van der Waals surface area contributed by atoms with Gasteiger partial charge in [-0.05, 0) is 25.1 Å². The summed E-state index contributed by atoms with van der Waals surface area (Å²) in [5.41, 5.74) is 0.483. The maximum Gasteiger partial charge on any atom is 0.270 e. The van der Waals surface area contributed by atoms with Gasteiger partial charge in [-0.15, -0.1) is 47.5 Å². The third kappa shape index (κ3) is 6.67. The molecule has 1 saturated heterocycles. The largest absolute Gasteiger partial charge is 0.351 e. The Bertz CT molecular complexity index is 659. The van der Waals surface area contributed by atoms with Gasteiger partial charge in [0, 0.05) is 38.1 Å². The lowest BCUT2D eigenvalue weighted by Crippen LogP contribution is -2.44. The van der Waals surface area contributed by atoms with Gasteiger partial charge < -0.3 is 15.5 Å². The van der Waals surface area contributed by atoms with Crippen LogP contribution in [0.5, 0.6) is 0 Å². The number of amides is 1. The number of hydrogen-bond acceptors (Lipinski definition) is 6. The van der Waals surface area contributed by atoms with E-state index in [-0.39, 0.29) is 30.7 Å². The van der Waals surface area contributed by atoms with Gasteiger partial charge in [0.2, 0.25) is 0 Å². The van der Waals surface area contributed by atoms with Gasteiger partial charge in [-0.3, -0.25) is 4.79 Å². The predicted octanol–water partition coefficient (Wildman–Crippen LogP) is 3.39. The number of carbonyl (C=O) groups excluding carboxylic acids is 1. The average Bonchev–Trinajstić information content (AvgIpc) is 3.21. The van der Waals surface area contributed by atoms with Gasteiger partial charge in [-0.25, -0.2) is 4.98 Å². The van der Waals surface area contributed by atoms with Gasteiger partial charge >= 0.3 is 0 Å². The van der Waals surface area contributed by atoms with E-state index >= 15 is 0 Å². The molecule has 0 saturated carbocycles. The Morgan fingerprint density at radius 1 is 1.32 bits per heavy atom. The molecule has 140 valence electrons. The fourth-order valence-corrected chi connectivity index (χ4v) is 4.37. The van der Waals surface area contributed by atoms with Crippen LogP contribution in [0.3, 0.4) is 0 Å². The molecule has 2 aromatic heterocycles. The minimum atomic E-state index is -0.101. The Kier molecular flexibility index (Phi) is 10.3. The van der Waals surface area contributed by atoms with Crippen molar-refractivity contribution < 1.29 is 4.79 Å². The molecule has 0 radical (unpaired) electrons. The van der Waals surface area contributed by atoms with Gasteiger partial charge in [-0.2, -0.15) is 0 Å². The molecule has 1 amide bonds. The smallest absolute Gasteiger partial charge is 0.270 e. The normalized spacial score (nSPS) is 14.4. The summed E-state index contributed by atoms with van der Waals surface area (Å²) < 4.78 is 0.731. The van der Waals surface area contributed by atoms with Gasteiger partial charge in [0.15, 0.2) is 0 Å². The van der Waals surface area contributed by atoms with E-state index in [1.165, 1.54) is 22.7 Å². The number of thiazole rings is 1. The van der Waals surface area contributed by atoms with Gasteiger partial charge in [0.25, 0.3) is 5.91 Å². The molecule has 0 atom stereocenters. The molecule has 0 bridgehead atoms. The summed E-state index contributed by atoms with van der Waals surface area (Å²) in [6, 6.07) is 3.78. The Morgan fingerprint density at radius 2 is 2.08 bits per heavy atom. The van der Waals surface area contributed by atoms with E-state index in [2.05, 4.69) is 20.5 Å². The molecule has 0 aliphatic carbocycles. The molecule has 25 heavy (non-hydrogen) atoms. The van der Waals surface area contributed by atoms with Crippen LogP contribution < -0.4 is 10.6 Å². The molecular weight excluding hydrogens is 423 g/mol. The molecule has 3 heterocycles. The van der Waals surface area contributed by atoms with E-state index < -0.39 is 0 Å². The number of halogens is 3. The molecule has 2 aromatic rings. The summed E-state index contributed by atoms with van der Waals surface area (Å²) in [5, 5.41) is 8.93. The number of rotatable bonds is 6. The number of piperazine rings is 1. The topological polar surface area (TPSA) is 57.3 Å². The molecular formula is C15H21Cl3N4OS2. The van der Waals surface area contributed by atoms with Crippen LogP contribution in [0.15, 0.2) is 17.5 Å². The van der Waals surface area contributed by atoms with Crippen molar-refractivity contribution in [2.75, 3.05) is 39.3 Å². The SMILES string of the molecule is Cl.Cl.O=C(NCCCN1CCNCC1)c1csc(-c2ccc(Cl)s2)n1. The molecule has 0 aromatic carbocycles. The molecule has 1 aliphatic rings. The van der Waals surface area contributed by atoms with Crippen LogP contribution in [-0.2, 0) is 0 Å². The summed E-state index contributed by atoms with van der Waals surface area (Å²) in [4.78, 5) is 20.0. The molecule has 2 N–H and O–H groups in total. The Morgan fingerprint density at radius 3 is 2.76 bits per heavy atom. The fourth-order valence-electron chi connectivity index (χ4n) is 2.45. The Labute approximate surface area is 173 Å². The van der Waals surface area contributed by atoms with Crippen molar-refractivity contribution in [3.8, 4) is 9.88 Å². The highest BCUT2D eigenvalue weighted by Crippen LogP contribution is 2.32. The van der Waals surface area contributed by atoms with E-state index in [0.717, 1.165) is 53.4 Å². The fraction of sp³-hybridized carbons (Fsp3) is 0.467. The standard InChI is InChI=1S/C15H19ClN4OS2.2ClH/c16-13-3-2-12(23-13)15-19-11(10-22-15)14(21)18-4-1-7-20-8-5-17-6-9-20;;/h2-3,10,17H,1,4-9H2,(H,18,21);2*1H. The Balaban J connectivity index is 0.00000156. The maximum atomic E-state index is 12.1. The number of hydrogen-bond donors (Lipinski definition) is 2. The van der Waals surface area contributed by atoms with Crippen LogP contribution in [0, 0.1) is 0 Å². The van der Waals surface area contributed by atoms with Crippen LogP contribution in [0.4, 0.5) is 0 Å². The summed E-state index contributed by atoms with van der Waals surface area (Å²) in [7, 11) is 0. The highest BCUT2D eigenvalue weighted by atomic mass is 35.5. The highest BCUT2D eigenvalue weighted by molar-refractivity contribution is 7.23. The zero-order valence-electron chi connectivity index (χ0n) is 13.5. The third-order valence-corrected chi connectivity index (χ3v) is 5.91. The first-order valence-electron chi connectivity index (χ1n) is 7.65. The van der Waals surface area contributed by atoms with Crippen LogP contribution >= 0.6 is 59.1 Å². The number of nitrogens with zero attached hydrogens (tertiary/aromatic N) is 2. The summed E-state index contributed by atoms with van der Waals surface area (Å²) >= 11 is 8.88. The number of aromatic nitrogens is 1. The monoisotopic (exact) mass is 442 g/mol. The van der Waals surface area contributed by atoms with Gasteiger partial charge in [-0.1, -0.05) is 11.6 Å². The predicted molar refractivity (Wildman–Crippen MR) is 111 cm³/mol. The lowest BCUT2D eigenvalue weighted by molar-refractivity contribution is 0.0947. The second kappa shape index (κ2) is 11.3. The van der Waals surface area contributed by atoms with Gasteiger partial charge in [0.1, 0.15) is 10.7 Å². The molecule has 3 rings (SSSR count). The minimum absolute atomic E-state index is 0.